The highest BCUT2D eigenvalue weighted by atomic mass is 16.3. The van der Waals surface area contributed by atoms with E-state index in [-0.39, 0.29) is 5.75 Å². The molecule has 3 nitrogen and oxygen atoms in total. The largest absolute Gasteiger partial charge is 0.508 e. The van der Waals surface area contributed by atoms with Crippen molar-refractivity contribution >= 4 is 0 Å². The Bertz CT molecular complexity index is 407. The molecule has 0 aliphatic heterocycles. The van der Waals surface area contributed by atoms with Gasteiger partial charge in [0.05, 0.1) is 6.20 Å². The van der Waals surface area contributed by atoms with Crippen LogP contribution in [0.15, 0.2) is 35.1 Å². The normalized spacial score (nSPS) is 10.2. The van der Waals surface area contributed by atoms with Gasteiger partial charge in [0.2, 0.25) is 5.89 Å². The zero-order chi connectivity index (χ0) is 9.26. The maximum Gasteiger partial charge on any atom is 0.225 e. The molecule has 3 heteroatoms. The Morgan fingerprint density at radius 2 is 2.23 bits per heavy atom. The van der Waals surface area contributed by atoms with Crippen molar-refractivity contribution < 1.29 is 9.52 Å². The molecule has 1 aromatic heterocycles. The summed E-state index contributed by atoms with van der Waals surface area (Å²) in [5.41, 5.74) is 1.69. The molecule has 0 bridgehead atoms. The molecule has 13 heavy (non-hydrogen) atoms. The Labute approximate surface area is 75.7 Å². The van der Waals surface area contributed by atoms with Crippen molar-refractivity contribution in [2.75, 3.05) is 0 Å². The van der Waals surface area contributed by atoms with E-state index < -0.39 is 0 Å². The molecule has 0 saturated carbocycles. The van der Waals surface area contributed by atoms with Crippen LogP contribution in [-0.4, -0.2) is 10.1 Å². The van der Waals surface area contributed by atoms with Crippen LogP contribution in [0.5, 0.6) is 5.75 Å². The number of aromatic nitrogens is 1. The van der Waals surface area contributed by atoms with E-state index in [1.807, 2.05) is 13.0 Å². The van der Waals surface area contributed by atoms with Crippen molar-refractivity contribution in [1.82, 2.24) is 4.98 Å². The third kappa shape index (κ3) is 1.40. The first-order chi connectivity index (χ1) is 6.27. The van der Waals surface area contributed by atoms with Crippen LogP contribution in [0.1, 0.15) is 5.56 Å². The molecule has 0 fully saturated rings. The molecular weight excluding hydrogens is 166 g/mol. The standard InChI is InChI=1S/C10H9NO2/c1-7-6-8(2-3-9(7)12)10-11-4-5-13-10/h2-6,12H,1H3. The summed E-state index contributed by atoms with van der Waals surface area (Å²) in [6, 6.07) is 5.24. The molecule has 0 radical (unpaired) electrons. The van der Waals surface area contributed by atoms with Gasteiger partial charge in [-0.3, -0.25) is 0 Å². The number of rotatable bonds is 1. The lowest BCUT2D eigenvalue weighted by atomic mass is 10.1. The van der Waals surface area contributed by atoms with Crippen LogP contribution >= 0.6 is 0 Å². The fourth-order valence-electron chi connectivity index (χ4n) is 1.15. The van der Waals surface area contributed by atoms with Crippen molar-refractivity contribution in [3.8, 4) is 17.2 Å². The van der Waals surface area contributed by atoms with E-state index in [4.69, 9.17) is 4.42 Å². The second-order valence-corrected chi connectivity index (χ2v) is 2.84. The highest BCUT2D eigenvalue weighted by Gasteiger charge is 2.03. The van der Waals surface area contributed by atoms with Gasteiger partial charge in [-0.1, -0.05) is 0 Å². The topological polar surface area (TPSA) is 46.3 Å². The highest BCUT2D eigenvalue weighted by molar-refractivity contribution is 5.56. The van der Waals surface area contributed by atoms with Gasteiger partial charge in [-0.25, -0.2) is 4.98 Å². The highest BCUT2D eigenvalue weighted by Crippen LogP contribution is 2.23. The molecule has 0 aliphatic carbocycles. The summed E-state index contributed by atoms with van der Waals surface area (Å²) in [5.74, 6) is 0.860. The van der Waals surface area contributed by atoms with Gasteiger partial charge in [-0.05, 0) is 30.7 Å². The van der Waals surface area contributed by atoms with Gasteiger partial charge in [0.25, 0.3) is 0 Å². The number of oxazole rings is 1. The van der Waals surface area contributed by atoms with E-state index in [1.165, 1.54) is 6.26 Å². The average molecular weight is 175 g/mol. The number of nitrogens with zero attached hydrogens (tertiary/aromatic N) is 1. The van der Waals surface area contributed by atoms with Gasteiger partial charge in [0, 0.05) is 5.56 Å². The summed E-state index contributed by atoms with van der Waals surface area (Å²) in [7, 11) is 0. The molecule has 0 saturated heterocycles. The summed E-state index contributed by atoms with van der Waals surface area (Å²) in [6.07, 6.45) is 3.12. The van der Waals surface area contributed by atoms with Crippen molar-refractivity contribution in [2.45, 2.75) is 6.92 Å². The van der Waals surface area contributed by atoms with E-state index in [9.17, 15) is 5.11 Å². The molecule has 0 spiro atoms. The second kappa shape index (κ2) is 2.94. The van der Waals surface area contributed by atoms with Crippen LogP contribution in [0, 0.1) is 6.92 Å². The zero-order valence-corrected chi connectivity index (χ0v) is 7.19. The van der Waals surface area contributed by atoms with E-state index >= 15 is 0 Å². The summed E-state index contributed by atoms with van der Waals surface area (Å²) >= 11 is 0. The Balaban J connectivity index is 2.49. The minimum Gasteiger partial charge on any atom is -0.508 e. The summed E-state index contributed by atoms with van der Waals surface area (Å²) in [5, 5.41) is 9.29. The van der Waals surface area contributed by atoms with E-state index in [2.05, 4.69) is 4.98 Å². The molecule has 0 atom stereocenters. The Kier molecular flexibility index (Phi) is 1.77. The molecule has 66 valence electrons. The maximum atomic E-state index is 9.29. The van der Waals surface area contributed by atoms with Crippen molar-refractivity contribution in [2.24, 2.45) is 0 Å². The monoisotopic (exact) mass is 175 g/mol. The van der Waals surface area contributed by atoms with Gasteiger partial charge in [0.1, 0.15) is 12.0 Å². The molecule has 0 aliphatic rings. The van der Waals surface area contributed by atoms with Crippen LogP contribution < -0.4 is 0 Å². The van der Waals surface area contributed by atoms with E-state index in [0.717, 1.165) is 11.1 Å². The SMILES string of the molecule is Cc1cc(-c2ncco2)ccc1O. The van der Waals surface area contributed by atoms with Crippen LogP contribution in [0.3, 0.4) is 0 Å². The van der Waals surface area contributed by atoms with Gasteiger partial charge in [-0.2, -0.15) is 0 Å². The molecule has 1 heterocycles. The lowest BCUT2D eigenvalue weighted by Crippen LogP contribution is -1.79. The van der Waals surface area contributed by atoms with Crippen LogP contribution in [0.4, 0.5) is 0 Å². The Morgan fingerprint density at radius 3 is 2.85 bits per heavy atom. The zero-order valence-electron chi connectivity index (χ0n) is 7.19. The lowest BCUT2D eigenvalue weighted by molar-refractivity contribution is 0.471. The molecule has 1 N–H and O–H groups in total. The number of aromatic hydroxyl groups is 1. The minimum atomic E-state index is 0.287. The van der Waals surface area contributed by atoms with E-state index in [1.54, 1.807) is 18.3 Å². The van der Waals surface area contributed by atoms with Crippen LogP contribution in [0.25, 0.3) is 11.5 Å². The predicted octanol–water partition coefficient (Wildman–Crippen LogP) is 2.36. The number of hydrogen-bond acceptors (Lipinski definition) is 3. The Hall–Kier alpha value is -1.77. The first kappa shape index (κ1) is 7.86. The second-order valence-electron chi connectivity index (χ2n) is 2.84. The Morgan fingerprint density at radius 1 is 1.38 bits per heavy atom. The minimum absolute atomic E-state index is 0.287. The summed E-state index contributed by atoms with van der Waals surface area (Å²) in [6.45, 7) is 1.84. The number of benzene rings is 1. The third-order valence-electron chi connectivity index (χ3n) is 1.88. The predicted molar refractivity (Wildman–Crippen MR) is 48.3 cm³/mol. The first-order valence-electron chi connectivity index (χ1n) is 3.97. The van der Waals surface area contributed by atoms with Crippen molar-refractivity contribution in [3.05, 3.63) is 36.2 Å². The molecule has 1 aromatic carbocycles. The lowest BCUT2D eigenvalue weighted by Gasteiger charge is -1.99. The molecular formula is C10H9NO2. The average Bonchev–Trinajstić information content (AvgIpc) is 2.62. The van der Waals surface area contributed by atoms with Gasteiger partial charge in [0.15, 0.2) is 0 Å². The first-order valence-corrected chi connectivity index (χ1v) is 3.97. The number of phenolic OH excluding ortho intramolecular Hbond substituents is 1. The summed E-state index contributed by atoms with van der Waals surface area (Å²) < 4.78 is 5.12. The molecule has 0 amide bonds. The van der Waals surface area contributed by atoms with E-state index in [0.29, 0.717) is 5.89 Å². The van der Waals surface area contributed by atoms with Gasteiger partial charge >= 0.3 is 0 Å². The quantitative estimate of drug-likeness (QED) is 0.723. The summed E-state index contributed by atoms with van der Waals surface area (Å²) in [4.78, 5) is 4.01. The third-order valence-corrected chi connectivity index (χ3v) is 1.88. The number of hydrogen-bond donors (Lipinski definition) is 1. The van der Waals surface area contributed by atoms with Gasteiger partial charge in [-0.15, -0.1) is 0 Å². The van der Waals surface area contributed by atoms with Gasteiger partial charge < -0.3 is 9.52 Å². The van der Waals surface area contributed by atoms with Crippen molar-refractivity contribution in [1.29, 1.82) is 0 Å². The molecule has 2 rings (SSSR count). The number of phenols is 1. The fourth-order valence-corrected chi connectivity index (χ4v) is 1.15. The van der Waals surface area contributed by atoms with Crippen molar-refractivity contribution in [3.63, 3.8) is 0 Å². The smallest absolute Gasteiger partial charge is 0.225 e. The molecule has 2 aromatic rings. The fraction of sp³-hybridized carbons (Fsp3) is 0.100. The van der Waals surface area contributed by atoms with Crippen LogP contribution in [-0.2, 0) is 0 Å². The number of aryl methyl sites for hydroxylation is 1. The maximum absolute atomic E-state index is 9.29. The van der Waals surface area contributed by atoms with Crippen LogP contribution in [0.2, 0.25) is 0 Å². The molecule has 0 unspecified atom stereocenters.